The van der Waals surface area contributed by atoms with Crippen LogP contribution in [0.1, 0.15) is 24.0 Å². The third-order valence-electron chi connectivity index (χ3n) is 2.55. The average molecular weight is 267 g/mol. The Morgan fingerprint density at radius 2 is 2.22 bits per heavy atom. The molecule has 1 aromatic heterocycles. The molecule has 0 amide bonds. The Morgan fingerprint density at radius 1 is 1.50 bits per heavy atom. The van der Waals surface area contributed by atoms with Crippen LogP contribution in [0.15, 0.2) is 23.0 Å². The van der Waals surface area contributed by atoms with E-state index in [0.717, 1.165) is 0 Å². The van der Waals surface area contributed by atoms with Crippen molar-refractivity contribution in [1.82, 2.24) is 9.55 Å². The van der Waals surface area contributed by atoms with Crippen molar-refractivity contribution in [2.45, 2.75) is 19.9 Å². The molecule has 0 unspecified atom stereocenters. The molecular weight excluding hydrogens is 256 g/mol. The summed E-state index contributed by atoms with van der Waals surface area (Å²) in [6, 6.07) is 4.62. The van der Waals surface area contributed by atoms with Gasteiger partial charge in [0.25, 0.3) is 5.56 Å². The second kappa shape index (κ2) is 4.78. The number of nitrogens with zero attached hydrogens (tertiary/aromatic N) is 2. The number of benzene rings is 1. The molecule has 1 aromatic carbocycles. The van der Waals surface area contributed by atoms with E-state index in [9.17, 15) is 9.59 Å². The highest BCUT2D eigenvalue weighted by Gasteiger charge is 2.15. The molecule has 0 fully saturated rings. The Morgan fingerprint density at radius 3 is 2.83 bits per heavy atom. The van der Waals surface area contributed by atoms with Crippen molar-refractivity contribution >= 4 is 28.5 Å². The lowest BCUT2D eigenvalue weighted by molar-refractivity contribution is 0.0676. The number of hydrogen-bond acceptors (Lipinski definition) is 3. The fourth-order valence-corrected chi connectivity index (χ4v) is 1.96. The molecule has 0 radical (unpaired) electrons. The predicted molar refractivity (Wildman–Crippen MR) is 68.3 cm³/mol. The molecule has 0 bridgehead atoms. The second-order valence-corrected chi connectivity index (χ2v) is 4.30. The van der Waals surface area contributed by atoms with Gasteiger partial charge in [-0.25, -0.2) is 9.78 Å². The van der Waals surface area contributed by atoms with Gasteiger partial charge in [0.2, 0.25) is 5.82 Å². The SMILES string of the molecule is CCCn1c(C(=O)O)nc2ccc(Cl)cc2c1=O. The van der Waals surface area contributed by atoms with Crippen molar-refractivity contribution in [3.05, 3.63) is 39.4 Å². The lowest BCUT2D eigenvalue weighted by Gasteiger charge is -2.09. The van der Waals surface area contributed by atoms with Crippen LogP contribution < -0.4 is 5.56 Å². The molecule has 5 nitrogen and oxygen atoms in total. The standard InChI is InChI=1S/C12H11ClN2O3/c1-2-5-15-10(12(17)18)14-9-4-3-7(13)6-8(9)11(15)16/h3-4,6H,2,5H2,1H3,(H,17,18). The van der Waals surface area contributed by atoms with Crippen molar-refractivity contribution in [2.24, 2.45) is 0 Å². The average Bonchev–Trinajstić information content (AvgIpc) is 2.33. The van der Waals surface area contributed by atoms with Crippen LogP contribution in [0.4, 0.5) is 0 Å². The molecule has 0 saturated heterocycles. The van der Waals surface area contributed by atoms with E-state index < -0.39 is 5.97 Å². The van der Waals surface area contributed by atoms with Crippen molar-refractivity contribution in [3.8, 4) is 0 Å². The minimum atomic E-state index is -1.21. The number of rotatable bonds is 3. The number of halogens is 1. The van der Waals surface area contributed by atoms with E-state index >= 15 is 0 Å². The van der Waals surface area contributed by atoms with E-state index in [0.29, 0.717) is 28.9 Å². The van der Waals surface area contributed by atoms with Gasteiger partial charge in [-0.15, -0.1) is 0 Å². The predicted octanol–water partition coefficient (Wildman–Crippen LogP) is 2.16. The summed E-state index contributed by atoms with van der Waals surface area (Å²) in [6.45, 7) is 2.18. The molecule has 2 aromatic rings. The van der Waals surface area contributed by atoms with Gasteiger partial charge < -0.3 is 5.11 Å². The van der Waals surface area contributed by atoms with Gasteiger partial charge in [0.15, 0.2) is 0 Å². The maximum absolute atomic E-state index is 12.2. The van der Waals surface area contributed by atoms with Gasteiger partial charge in [-0.05, 0) is 24.6 Å². The summed E-state index contributed by atoms with van der Waals surface area (Å²) in [4.78, 5) is 27.3. The van der Waals surface area contributed by atoms with Crippen LogP contribution >= 0.6 is 11.6 Å². The number of fused-ring (bicyclic) bond motifs is 1. The quantitative estimate of drug-likeness (QED) is 0.924. The molecule has 94 valence electrons. The maximum Gasteiger partial charge on any atom is 0.372 e. The monoisotopic (exact) mass is 266 g/mol. The third-order valence-corrected chi connectivity index (χ3v) is 2.79. The largest absolute Gasteiger partial charge is 0.475 e. The molecule has 0 saturated carbocycles. The Balaban J connectivity index is 2.85. The number of hydrogen-bond donors (Lipinski definition) is 1. The fourth-order valence-electron chi connectivity index (χ4n) is 1.79. The lowest BCUT2D eigenvalue weighted by atomic mass is 10.2. The number of aromatic carboxylic acids is 1. The van der Waals surface area contributed by atoms with E-state index in [1.54, 1.807) is 12.1 Å². The van der Waals surface area contributed by atoms with E-state index in [2.05, 4.69) is 4.98 Å². The molecule has 0 aliphatic heterocycles. The molecule has 0 atom stereocenters. The number of carboxylic acid groups (broad SMARTS) is 1. The fraction of sp³-hybridized carbons (Fsp3) is 0.250. The zero-order valence-corrected chi connectivity index (χ0v) is 10.4. The van der Waals surface area contributed by atoms with Crippen LogP contribution in [0.25, 0.3) is 10.9 Å². The molecule has 6 heteroatoms. The summed E-state index contributed by atoms with van der Waals surface area (Å²) in [5.74, 6) is -1.45. The first kappa shape index (κ1) is 12.6. The van der Waals surface area contributed by atoms with Gasteiger partial charge in [0.1, 0.15) is 0 Å². The summed E-state index contributed by atoms with van der Waals surface area (Å²) in [6.07, 6.45) is 0.647. The van der Waals surface area contributed by atoms with Crippen LogP contribution in [-0.2, 0) is 6.54 Å². The van der Waals surface area contributed by atoms with E-state index in [-0.39, 0.29) is 11.4 Å². The van der Waals surface area contributed by atoms with Gasteiger partial charge in [-0.2, -0.15) is 0 Å². The van der Waals surface area contributed by atoms with Crippen molar-refractivity contribution in [1.29, 1.82) is 0 Å². The molecule has 18 heavy (non-hydrogen) atoms. The molecule has 0 spiro atoms. The van der Waals surface area contributed by atoms with Gasteiger partial charge in [0.05, 0.1) is 10.9 Å². The first-order valence-corrected chi connectivity index (χ1v) is 5.85. The first-order valence-electron chi connectivity index (χ1n) is 5.48. The van der Waals surface area contributed by atoms with Gasteiger partial charge >= 0.3 is 5.97 Å². The summed E-state index contributed by atoms with van der Waals surface area (Å²) in [7, 11) is 0. The summed E-state index contributed by atoms with van der Waals surface area (Å²) in [5, 5.41) is 9.84. The van der Waals surface area contributed by atoms with Crippen molar-refractivity contribution in [3.63, 3.8) is 0 Å². The Bertz CT molecular complexity index is 679. The topological polar surface area (TPSA) is 72.2 Å². The maximum atomic E-state index is 12.2. The lowest BCUT2D eigenvalue weighted by Crippen LogP contribution is -2.27. The highest BCUT2D eigenvalue weighted by molar-refractivity contribution is 6.31. The smallest absolute Gasteiger partial charge is 0.372 e. The van der Waals surface area contributed by atoms with E-state index in [1.807, 2.05) is 6.92 Å². The highest BCUT2D eigenvalue weighted by Crippen LogP contribution is 2.15. The summed E-state index contributed by atoms with van der Waals surface area (Å²) < 4.78 is 1.17. The molecule has 0 aliphatic carbocycles. The molecular formula is C12H11ClN2O3. The van der Waals surface area contributed by atoms with Crippen LogP contribution in [-0.4, -0.2) is 20.6 Å². The van der Waals surface area contributed by atoms with Crippen molar-refractivity contribution in [2.75, 3.05) is 0 Å². The Kier molecular flexibility index (Phi) is 3.34. The zero-order chi connectivity index (χ0) is 13.3. The molecule has 2 rings (SSSR count). The van der Waals surface area contributed by atoms with Crippen LogP contribution in [0.5, 0.6) is 0 Å². The summed E-state index contributed by atoms with van der Waals surface area (Å²) in [5.41, 5.74) is -0.0316. The number of carboxylic acids is 1. The summed E-state index contributed by atoms with van der Waals surface area (Å²) >= 11 is 5.83. The normalized spacial score (nSPS) is 10.8. The molecule has 0 aliphatic rings. The van der Waals surface area contributed by atoms with Gasteiger partial charge in [0, 0.05) is 11.6 Å². The number of aromatic nitrogens is 2. The van der Waals surface area contributed by atoms with Gasteiger partial charge in [-0.1, -0.05) is 18.5 Å². The minimum Gasteiger partial charge on any atom is -0.475 e. The highest BCUT2D eigenvalue weighted by atomic mass is 35.5. The van der Waals surface area contributed by atoms with Crippen molar-refractivity contribution < 1.29 is 9.90 Å². The Labute approximate surface area is 108 Å². The zero-order valence-electron chi connectivity index (χ0n) is 9.68. The van der Waals surface area contributed by atoms with E-state index in [4.69, 9.17) is 16.7 Å². The first-order chi connectivity index (χ1) is 8.54. The third kappa shape index (κ3) is 2.09. The number of carbonyl (C=O) groups is 1. The minimum absolute atomic E-state index is 0.239. The van der Waals surface area contributed by atoms with E-state index in [1.165, 1.54) is 10.6 Å². The van der Waals surface area contributed by atoms with Gasteiger partial charge in [-0.3, -0.25) is 9.36 Å². The Hall–Kier alpha value is -1.88. The molecule has 1 heterocycles. The second-order valence-electron chi connectivity index (χ2n) is 3.86. The van der Waals surface area contributed by atoms with Crippen LogP contribution in [0.2, 0.25) is 5.02 Å². The van der Waals surface area contributed by atoms with Crippen LogP contribution in [0.3, 0.4) is 0 Å². The van der Waals surface area contributed by atoms with Crippen LogP contribution in [0, 0.1) is 0 Å². The molecule has 1 N–H and O–H groups in total.